The van der Waals surface area contributed by atoms with Crippen LogP contribution in [0, 0.1) is 11.8 Å². The van der Waals surface area contributed by atoms with E-state index in [9.17, 15) is 38.7 Å². The normalized spacial score (nSPS) is 16.5. The largest absolute Gasteiger partial charge is 0.480 e. The van der Waals surface area contributed by atoms with Crippen molar-refractivity contribution in [1.82, 2.24) is 52.8 Å². The Morgan fingerprint density at radius 1 is 0.603 bits per heavy atom. The topological polar surface area (TPSA) is 277 Å². The van der Waals surface area contributed by atoms with Gasteiger partial charge in [-0.15, -0.1) is 0 Å². The predicted molar refractivity (Wildman–Crippen MR) is 262 cm³/mol. The lowest BCUT2D eigenvalue weighted by atomic mass is 9.98. The molecule has 0 radical (unpaired) electrons. The fourth-order valence-corrected chi connectivity index (χ4v) is 7.68. The second-order valence-corrected chi connectivity index (χ2v) is 18.2. The molecule has 0 spiro atoms. The van der Waals surface area contributed by atoms with Crippen LogP contribution in [-0.2, 0) is 46.4 Å². The maximum absolute atomic E-state index is 14.1. The summed E-state index contributed by atoms with van der Waals surface area (Å²) in [5.74, 6) is -5.34. The Bertz CT molecular complexity index is 1820. The van der Waals surface area contributed by atoms with Crippen molar-refractivity contribution < 1.29 is 38.7 Å². The number of nitrogens with two attached hydrogens (primary N) is 1. The van der Waals surface area contributed by atoms with Crippen LogP contribution in [0.15, 0.2) is 60.7 Å². The Hall–Kier alpha value is -5.47. The highest BCUT2D eigenvalue weighted by Crippen LogP contribution is 2.12. The van der Waals surface area contributed by atoms with E-state index in [1.807, 2.05) is 24.8 Å². The van der Waals surface area contributed by atoms with Crippen molar-refractivity contribution in [3.63, 3.8) is 0 Å². The van der Waals surface area contributed by atoms with Gasteiger partial charge in [-0.25, -0.2) is 4.79 Å². The number of carboxylic acid groups (broad SMARTS) is 1. The number of aliphatic carboxylic acids is 1. The van der Waals surface area contributed by atoms with E-state index in [0.717, 1.165) is 52.1 Å². The molecule has 0 aliphatic carbocycles. The van der Waals surface area contributed by atoms with E-state index in [4.69, 9.17) is 5.73 Å². The van der Waals surface area contributed by atoms with Crippen LogP contribution in [0.2, 0.25) is 0 Å². The van der Waals surface area contributed by atoms with Crippen molar-refractivity contribution in [2.75, 3.05) is 72.0 Å². The fourth-order valence-electron chi connectivity index (χ4n) is 7.68. The molecule has 1 aliphatic heterocycles. The minimum absolute atomic E-state index is 0.0177. The van der Waals surface area contributed by atoms with Crippen molar-refractivity contribution in [3.05, 3.63) is 71.8 Å². The van der Waals surface area contributed by atoms with E-state index in [1.165, 1.54) is 0 Å². The van der Waals surface area contributed by atoms with Crippen LogP contribution in [0.4, 0.5) is 0 Å². The zero-order valence-corrected chi connectivity index (χ0v) is 40.6. The van der Waals surface area contributed by atoms with Gasteiger partial charge in [0.05, 0.1) is 13.1 Å². The highest BCUT2D eigenvalue weighted by atomic mass is 16.4. The quantitative estimate of drug-likeness (QED) is 0.0577. The lowest BCUT2D eigenvalue weighted by Crippen LogP contribution is -2.60. The van der Waals surface area contributed by atoms with E-state index in [1.54, 1.807) is 68.4 Å². The van der Waals surface area contributed by atoms with Gasteiger partial charge in [-0.1, -0.05) is 88.4 Å². The van der Waals surface area contributed by atoms with Crippen molar-refractivity contribution in [1.29, 1.82) is 0 Å². The highest BCUT2D eigenvalue weighted by molar-refractivity contribution is 5.96. The first-order chi connectivity index (χ1) is 32.7. The molecule has 1 fully saturated rings. The van der Waals surface area contributed by atoms with Gasteiger partial charge in [0.15, 0.2) is 0 Å². The summed E-state index contributed by atoms with van der Waals surface area (Å²) in [5.41, 5.74) is 7.16. The van der Waals surface area contributed by atoms with Crippen LogP contribution < -0.4 is 53.6 Å². The molecule has 0 aromatic heterocycles. The molecule has 1 saturated heterocycles. The Balaban J connectivity index is 1.69. The summed E-state index contributed by atoms with van der Waals surface area (Å²) in [5, 5.41) is 36.6. The Morgan fingerprint density at radius 3 is 1.74 bits per heavy atom. The summed E-state index contributed by atoms with van der Waals surface area (Å²) in [6.45, 7) is 13.8. The van der Waals surface area contributed by atoms with Crippen LogP contribution in [0.1, 0.15) is 77.3 Å². The van der Waals surface area contributed by atoms with Crippen molar-refractivity contribution in [2.45, 2.75) is 109 Å². The number of benzene rings is 2. The van der Waals surface area contributed by atoms with E-state index >= 15 is 0 Å². The minimum Gasteiger partial charge on any atom is -0.480 e. The summed E-state index contributed by atoms with van der Waals surface area (Å²) in [6.07, 6.45) is 3.41. The second kappa shape index (κ2) is 32.3. The molecule has 0 unspecified atom stereocenters. The Kier molecular flexibility index (Phi) is 27.0. The summed E-state index contributed by atoms with van der Waals surface area (Å²) in [6, 6.07) is 12.0. The van der Waals surface area contributed by atoms with E-state index in [0.29, 0.717) is 43.6 Å². The molecule has 12 N–H and O–H groups in total. The molecule has 19 nitrogen and oxygen atoms in total. The number of rotatable bonds is 25. The standard InChI is InChI=1S/C49H79N11O8/c1-34(2)29-39(56-45(63)38(19-11-12-20-50)55-42(61)32-54-43(62)33-60-27-14-23-52-25-24-51-21-13-22-53-26-28-60)47(65)59-44(35(3)4)48(66)57-40(30-36-15-7-5-8-16-36)46(64)58-41(49(67)68)31-37-17-9-6-10-18-37/h5-10,15-18,34-35,38-41,44,51-53H,11-14,19-33,50H2,1-4H3,(H,54,62)(H,55,61)(H,56,63)(H,57,66)(H,58,64)(H,59,65)(H,67,68)/t38-,39-,40-,41-,44-/m0/s1. The smallest absolute Gasteiger partial charge is 0.326 e. The zero-order chi connectivity index (χ0) is 49.7. The molecule has 68 heavy (non-hydrogen) atoms. The van der Waals surface area contributed by atoms with E-state index in [2.05, 4.69) is 47.9 Å². The lowest BCUT2D eigenvalue weighted by Gasteiger charge is -2.29. The van der Waals surface area contributed by atoms with Crippen LogP contribution in [-0.4, -0.2) is 154 Å². The van der Waals surface area contributed by atoms with Gasteiger partial charge in [0.1, 0.15) is 30.2 Å². The molecule has 3 rings (SSSR count). The molecule has 5 atom stereocenters. The highest BCUT2D eigenvalue weighted by Gasteiger charge is 2.34. The maximum atomic E-state index is 14.1. The number of carbonyl (C=O) groups is 7. The number of carboxylic acids is 1. The van der Waals surface area contributed by atoms with Gasteiger partial charge in [-0.3, -0.25) is 33.7 Å². The average molecular weight is 950 g/mol. The average Bonchev–Trinajstić information content (AvgIpc) is 3.30. The molecule has 1 aliphatic rings. The molecule has 19 heteroatoms. The van der Waals surface area contributed by atoms with Gasteiger partial charge in [-0.05, 0) is 94.2 Å². The van der Waals surface area contributed by atoms with Crippen LogP contribution in [0.5, 0.6) is 0 Å². The number of nitrogens with one attached hydrogen (secondary N) is 9. The van der Waals surface area contributed by atoms with Gasteiger partial charge in [0, 0.05) is 39.0 Å². The fraction of sp³-hybridized carbons (Fsp3) is 0.612. The number of amides is 6. The molecule has 1 heterocycles. The van der Waals surface area contributed by atoms with Gasteiger partial charge in [-0.2, -0.15) is 0 Å². The van der Waals surface area contributed by atoms with Gasteiger partial charge < -0.3 is 58.7 Å². The van der Waals surface area contributed by atoms with Crippen LogP contribution in [0.25, 0.3) is 0 Å². The zero-order valence-electron chi connectivity index (χ0n) is 40.6. The molecule has 2 aromatic carbocycles. The molecule has 6 amide bonds. The number of nitrogens with zero attached hydrogens (tertiary/aromatic N) is 1. The SMILES string of the molecule is CC(C)C[C@H](NC(=O)[C@H](CCCCN)NC(=O)CNC(=O)CN1CCCNCCNCCCNCC1)C(=O)N[C@H](C(=O)N[C@@H](Cc1ccccc1)C(=O)N[C@@H](Cc1ccccc1)C(=O)O)C(C)C. The molecular formula is C49H79N11O8. The molecular weight excluding hydrogens is 871 g/mol. The monoisotopic (exact) mass is 950 g/mol. The van der Waals surface area contributed by atoms with Gasteiger partial charge >= 0.3 is 5.97 Å². The lowest BCUT2D eigenvalue weighted by molar-refractivity contribution is -0.142. The summed E-state index contributed by atoms with van der Waals surface area (Å²) in [4.78, 5) is 96.6. The minimum atomic E-state index is -1.28. The first-order valence-electron chi connectivity index (χ1n) is 24.3. The number of hydrogen-bond donors (Lipinski definition) is 11. The van der Waals surface area contributed by atoms with E-state index < -0.39 is 71.6 Å². The van der Waals surface area contributed by atoms with Crippen molar-refractivity contribution >= 4 is 41.4 Å². The molecule has 378 valence electrons. The first kappa shape index (κ1) is 56.9. The third-order valence-electron chi connectivity index (χ3n) is 11.4. The van der Waals surface area contributed by atoms with Crippen molar-refractivity contribution in [2.24, 2.45) is 17.6 Å². The van der Waals surface area contributed by atoms with Gasteiger partial charge in [0.2, 0.25) is 35.4 Å². The van der Waals surface area contributed by atoms with Crippen LogP contribution in [0.3, 0.4) is 0 Å². The number of carbonyl (C=O) groups excluding carboxylic acids is 6. The summed E-state index contributed by atoms with van der Waals surface area (Å²) in [7, 11) is 0. The van der Waals surface area contributed by atoms with E-state index in [-0.39, 0.29) is 50.6 Å². The third-order valence-corrected chi connectivity index (χ3v) is 11.4. The Labute approximate surface area is 402 Å². The summed E-state index contributed by atoms with van der Waals surface area (Å²) >= 11 is 0. The predicted octanol–water partition coefficient (Wildman–Crippen LogP) is -0.208. The first-order valence-corrected chi connectivity index (χ1v) is 24.3. The number of unbranched alkanes of at least 4 members (excludes halogenated alkanes) is 1. The second-order valence-electron chi connectivity index (χ2n) is 18.2. The molecule has 0 saturated carbocycles. The summed E-state index contributed by atoms with van der Waals surface area (Å²) < 4.78 is 0. The van der Waals surface area contributed by atoms with Crippen molar-refractivity contribution in [3.8, 4) is 0 Å². The third kappa shape index (κ3) is 23.0. The Morgan fingerprint density at radius 2 is 1.15 bits per heavy atom. The maximum Gasteiger partial charge on any atom is 0.326 e. The molecule has 0 bridgehead atoms. The van der Waals surface area contributed by atoms with Gasteiger partial charge in [0.25, 0.3) is 0 Å². The molecule has 2 aromatic rings. The number of hydrogen-bond acceptors (Lipinski definition) is 12. The van der Waals surface area contributed by atoms with Crippen LogP contribution >= 0.6 is 0 Å².